The minimum atomic E-state index is -0.809. The number of imidazole rings is 1. The molecule has 6 heterocycles. The maximum Gasteiger partial charge on any atom is 0.411 e. The van der Waals surface area contributed by atoms with Crippen LogP contribution in [0.5, 0.6) is 0 Å². The van der Waals surface area contributed by atoms with Crippen molar-refractivity contribution >= 4 is 35.0 Å². The van der Waals surface area contributed by atoms with Crippen molar-refractivity contribution in [1.82, 2.24) is 39.2 Å². The lowest BCUT2D eigenvalue weighted by Crippen LogP contribution is -2.43. The van der Waals surface area contributed by atoms with Gasteiger partial charge in [0.1, 0.15) is 42.8 Å². The van der Waals surface area contributed by atoms with Crippen LogP contribution in [0.25, 0.3) is 17.0 Å². The lowest BCUT2D eigenvalue weighted by Gasteiger charge is -2.27. The van der Waals surface area contributed by atoms with Gasteiger partial charge in [0, 0.05) is 17.5 Å². The van der Waals surface area contributed by atoms with Crippen LogP contribution in [0.15, 0.2) is 25.3 Å². The monoisotopic (exact) mass is 602 g/mol. The highest BCUT2D eigenvalue weighted by molar-refractivity contribution is 8.00. The molecule has 0 N–H and O–H groups in total. The first kappa shape index (κ1) is 28.8. The van der Waals surface area contributed by atoms with Gasteiger partial charge in [-0.2, -0.15) is 11.8 Å². The molecular weight excluding hydrogens is 568 g/mol. The summed E-state index contributed by atoms with van der Waals surface area (Å²) in [6.45, 7) is 9.48. The van der Waals surface area contributed by atoms with Gasteiger partial charge in [-0.15, -0.1) is 10.2 Å². The van der Waals surface area contributed by atoms with E-state index in [1.54, 1.807) is 56.1 Å². The maximum absolute atomic E-state index is 12.9. The molecule has 3 fully saturated rings. The van der Waals surface area contributed by atoms with E-state index in [1.165, 1.54) is 18.3 Å². The topological polar surface area (TPSA) is 158 Å². The lowest BCUT2D eigenvalue weighted by molar-refractivity contribution is -0.193. The highest BCUT2D eigenvalue weighted by Gasteiger charge is 2.56. The van der Waals surface area contributed by atoms with Crippen LogP contribution in [0.4, 0.5) is 4.79 Å². The van der Waals surface area contributed by atoms with E-state index in [2.05, 4.69) is 25.1 Å². The van der Waals surface area contributed by atoms with Gasteiger partial charge >= 0.3 is 12.1 Å². The average molecular weight is 603 g/mol. The second-order valence-electron chi connectivity index (χ2n) is 11.9. The van der Waals surface area contributed by atoms with Crippen molar-refractivity contribution in [1.29, 1.82) is 0 Å². The first-order chi connectivity index (χ1) is 19.9. The molecule has 0 saturated carbocycles. The van der Waals surface area contributed by atoms with Crippen LogP contribution in [0.1, 0.15) is 47.3 Å². The number of amides is 1. The number of carbonyl (C=O) groups excluding carboxylic acids is 2. The Kier molecular flexibility index (Phi) is 7.35. The van der Waals surface area contributed by atoms with Crippen molar-refractivity contribution in [3.8, 4) is 5.82 Å². The van der Waals surface area contributed by atoms with Gasteiger partial charge in [0.15, 0.2) is 29.0 Å². The van der Waals surface area contributed by atoms with E-state index in [4.69, 9.17) is 23.7 Å². The first-order valence-corrected chi connectivity index (χ1v) is 14.7. The van der Waals surface area contributed by atoms with E-state index >= 15 is 0 Å². The van der Waals surface area contributed by atoms with Gasteiger partial charge in [-0.05, 0) is 41.0 Å². The molecule has 0 bridgehead atoms. The summed E-state index contributed by atoms with van der Waals surface area (Å²) in [7, 11) is 1.32. The molecule has 6 rings (SSSR count). The van der Waals surface area contributed by atoms with Gasteiger partial charge in [-0.25, -0.2) is 24.5 Å². The molecule has 3 aromatic rings. The summed E-state index contributed by atoms with van der Waals surface area (Å²) in [4.78, 5) is 40.3. The summed E-state index contributed by atoms with van der Waals surface area (Å²) >= 11 is 1.62. The fourth-order valence-electron chi connectivity index (χ4n) is 5.57. The van der Waals surface area contributed by atoms with Crippen molar-refractivity contribution in [3.05, 3.63) is 25.3 Å². The Balaban J connectivity index is 1.20. The molecule has 0 aromatic carbocycles. The van der Waals surface area contributed by atoms with E-state index in [1.807, 2.05) is 18.4 Å². The van der Waals surface area contributed by atoms with Crippen molar-refractivity contribution in [2.75, 3.05) is 19.4 Å². The van der Waals surface area contributed by atoms with Crippen molar-refractivity contribution in [2.45, 2.75) is 88.3 Å². The predicted octanol–water partition coefficient (Wildman–Crippen LogP) is 2.11. The fourth-order valence-corrected chi connectivity index (χ4v) is 6.89. The minimum Gasteiger partial charge on any atom is -0.467 e. The molecule has 1 amide bonds. The number of carbonyl (C=O) groups is 2. The largest absolute Gasteiger partial charge is 0.467 e. The molecule has 3 saturated heterocycles. The first-order valence-electron chi connectivity index (χ1n) is 13.7. The van der Waals surface area contributed by atoms with Gasteiger partial charge in [0.25, 0.3) is 0 Å². The normalized spacial score (nSPS) is 28.8. The number of methoxy groups -OCH3 is 1. The number of hydrogen-bond donors (Lipinski definition) is 0. The second-order valence-corrected chi connectivity index (χ2v) is 13.2. The summed E-state index contributed by atoms with van der Waals surface area (Å²) < 4.78 is 33.2. The van der Waals surface area contributed by atoms with Gasteiger partial charge in [-0.1, -0.05) is 0 Å². The SMILES string of the molecule is COC(=O)C1CC(SC[C@H]2O[C@@H](n3cnc4c(-n5cnnc5)ncnc43)[C@@H]3OC(C)(C)O[C@H]32)CN1C(=O)OC(C)(C)C. The molecule has 0 radical (unpaired) electrons. The van der Waals surface area contributed by atoms with Crippen LogP contribution in [0.3, 0.4) is 0 Å². The minimum absolute atomic E-state index is 0.0359. The van der Waals surface area contributed by atoms with Crippen LogP contribution in [-0.2, 0) is 28.5 Å². The molecule has 0 spiro atoms. The Bertz CT molecular complexity index is 1460. The molecule has 42 heavy (non-hydrogen) atoms. The molecule has 3 aliphatic heterocycles. The van der Waals surface area contributed by atoms with Gasteiger partial charge in [-0.3, -0.25) is 14.0 Å². The summed E-state index contributed by atoms with van der Waals surface area (Å²) in [6.07, 6.45) is 4.46. The fraction of sp³-hybridized carbons (Fsp3) is 0.654. The smallest absolute Gasteiger partial charge is 0.411 e. The summed E-state index contributed by atoms with van der Waals surface area (Å²) in [5, 5.41) is 7.69. The number of fused-ring (bicyclic) bond motifs is 2. The summed E-state index contributed by atoms with van der Waals surface area (Å²) in [5.41, 5.74) is 0.454. The zero-order chi connectivity index (χ0) is 29.8. The molecule has 3 aliphatic rings. The van der Waals surface area contributed by atoms with Crippen LogP contribution >= 0.6 is 11.8 Å². The molecular formula is C26H34N8O7S. The Morgan fingerprint density at radius 2 is 1.83 bits per heavy atom. The quantitative estimate of drug-likeness (QED) is 0.378. The Hall–Kier alpha value is -3.34. The molecule has 3 aromatic heterocycles. The van der Waals surface area contributed by atoms with Crippen molar-refractivity contribution < 1.29 is 33.3 Å². The molecule has 16 heteroatoms. The van der Waals surface area contributed by atoms with E-state index in [-0.39, 0.29) is 17.5 Å². The average Bonchev–Trinajstić information content (AvgIpc) is 3.74. The van der Waals surface area contributed by atoms with Crippen molar-refractivity contribution in [3.63, 3.8) is 0 Å². The Morgan fingerprint density at radius 1 is 1.10 bits per heavy atom. The third-order valence-corrected chi connectivity index (χ3v) is 8.60. The maximum atomic E-state index is 12.9. The van der Waals surface area contributed by atoms with Crippen LogP contribution in [0.2, 0.25) is 0 Å². The van der Waals surface area contributed by atoms with E-state index in [9.17, 15) is 9.59 Å². The second kappa shape index (κ2) is 10.7. The molecule has 0 aliphatic carbocycles. The number of hydrogen-bond acceptors (Lipinski definition) is 13. The van der Waals surface area contributed by atoms with Gasteiger partial charge in [0.2, 0.25) is 0 Å². The molecule has 6 atom stereocenters. The Morgan fingerprint density at radius 3 is 2.55 bits per heavy atom. The molecule has 2 unspecified atom stereocenters. The molecule has 226 valence electrons. The standard InChI is InChI=1S/C26H34N8O7S/c1-25(2,3)41-24(36)33-8-14(7-15(33)23(35)37-6)42-9-16-18-19(40-26(4,5)39-18)22(38-16)34-11-29-17-20(27-10-28-21(17)34)32-12-30-31-13-32/h10-16,18-19,22H,7-9H2,1-6H3/t14?,15?,16-,18+,19-,22-/m1/s1. The van der Waals surface area contributed by atoms with Crippen molar-refractivity contribution in [2.24, 2.45) is 0 Å². The number of ether oxygens (including phenoxy) is 5. The lowest BCUT2D eigenvalue weighted by atomic mass is 10.1. The summed E-state index contributed by atoms with van der Waals surface area (Å²) in [5.74, 6) is -0.179. The number of rotatable bonds is 6. The number of thioether (sulfide) groups is 1. The third kappa shape index (κ3) is 5.43. The van der Waals surface area contributed by atoms with Gasteiger partial charge in [0.05, 0.1) is 19.5 Å². The number of aromatic nitrogens is 7. The van der Waals surface area contributed by atoms with E-state index in [0.717, 1.165) is 0 Å². The van der Waals surface area contributed by atoms with Crippen LogP contribution in [-0.4, -0.2) is 112 Å². The zero-order valence-electron chi connectivity index (χ0n) is 24.2. The highest BCUT2D eigenvalue weighted by atomic mass is 32.2. The number of esters is 1. The van der Waals surface area contributed by atoms with Crippen LogP contribution in [0, 0.1) is 0 Å². The predicted molar refractivity (Wildman–Crippen MR) is 148 cm³/mol. The van der Waals surface area contributed by atoms with E-state index < -0.39 is 41.8 Å². The number of nitrogens with zero attached hydrogens (tertiary/aromatic N) is 8. The number of likely N-dealkylation sites (tertiary alicyclic amines) is 1. The van der Waals surface area contributed by atoms with Crippen LogP contribution < -0.4 is 0 Å². The zero-order valence-corrected chi connectivity index (χ0v) is 25.1. The molecule has 15 nitrogen and oxygen atoms in total. The van der Waals surface area contributed by atoms with E-state index in [0.29, 0.717) is 35.7 Å². The highest BCUT2D eigenvalue weighted by Crippen LogP contribution is 2.45. The summed E-state index contributed by atoms with van der Waals surface area (Å²) in [6, 6.07) is -0.714. The van der Waals surface area contributed by atoms with Gasteiger partial charge < -0.3 is 23.7 Å². The third-order valence-electron chi connectivity index (χ3n) is 7.26. The Labute approximate surface area is 246 Å².